The number of carboxylic acid groups (broad SMARTS) is 1. The van der Waals surface area contributed by atoms with Crippen LogP contribution in [-0.4, -0.2) is 30.4 Å². The second-order valence-corrected chi connectivity index (χ2v) is 7.20. The molecule has 0 atom stereocenters. The molecule has 8 heteroatoms. The van der Waals surface area contributed by atoms with E-state index in [1.807, 2.05) is 0 Å². The molecule has 114 valence electrons. The molecule has 2 N–H and O–H groups in total. The second kappa shape index (κ2) is 6.12. The summed E-state index contributed by atoms with van der Waals surface area (Å²) in [4.78, 5) is 22.5. The molecule has 0 aliphatic rings. The number of carboxylic acids is 1. The number of sulfone groups is 1. The van der Waals surface area contributed by atoms with Crippen molar-refractivity contribution in [1.82, 2.24) is 0 Å². The van der Waals surface area contributed by atoms with Crippen molar-refractivity contribution < 1.29 is 28.2 Å². The van der Waals surface area contributed by atoms with Crippen LogP contribution in [0.15, 0.2) is 62.7 Å². The molecule has 22 heavy (non-hydrogen) atoms. The Kier molecular flexibility index (Phi) is 4.43. The summed E-state index contributed by atoms with van der Waals surface area (Å²) in [7, 11) is -3.89. The third-order valence-electron chi connectivity index (χ3n) is 2.68. The number of ketones is 1. The number of rotatable bonds is 5. The van der Waals surface area contributed by atoms with Crippen molar-refractivity contribution in [3.63, 3.8) is 0 Å². The number of allylic oxidation sites excluding steroid dienone is 1. The summed E-state index contributed by atoms with van der Waals surface area (Å²) < 4.78 is 24.8. The molecule has 0 unspecified atom stereocenters. The lowest BCUT2D eigenvalue weighted by Crippen LogP contribution is -2.08. The molecule has 0 aliphatic heterocycles. The molecule has 0 aliphatic carbocycles. The van der Waals surface area contributed by atoms with E-state index in [-0.39, 0.29) is 14.7 Å². The van der Waals surface area contributed by atoms with Gasteiger partial charge in [0, 0.05) is 6.08 Å². The van der Waals surface area contributed by atoms with E-state index in [0.29, 0.717) is 6.08 Å². The zero-order valence-electron chi connectivity index (χ0n) is 11.0. The van der Waals surface area contributed by atoms with Gasteiger partial charge < -0.3 is 10.2 Å². The van der Waals surface area contributed by atoms with Crippen LogP contribution in [0.4, 0.5) is 0 Å². The van der Waals surface area contributed by atoms with E-state index in [1.54, 1.807) is 18.2 Å². The number of hydrogen-bond donors (Lipinski definition) is 2. The summed E-state index contributed by atoms with van der Waals surface area (Å²) in [5, 5.41) is 19.1. The van der Waals surface area contributed by atoms with E-state index in [1.165, 1.54) is 23.6 Å². The van der Waals surface area contributed by atoms with E-state index >= 15 is 0 Å². The maximum atomic E-state index is 12.5. The first-order chi connectivity index (χ1) is 10.3. The van der Waals surface area contributed by atoms with Crippen LogP contribution < -0.4 is 0 Å². The molecule has 0 amide bonds. The Morgan fingerprint density at radius 3 is 2.27 bits per heavy atom. The van der Waals surface area contributed by atoms with Crippen molar-refractivity contribution in [1.29, 1.82) is 0 Å². The minimum atomic E-state index is -3.89. The van der Waals surface area contributed by atoms with Crippen molar-refractivity contribution in [3.8, 4) is 0 Å². The number of aliphatic hydroxyl groups is 1. The number of aliphatic hydroxyl groups excluding tert-OH is 1. The number of thiophene rings is 1. The van der Waals surface area contributed by atoms with Gasteiger partial charge in [0.25, 0.3) is 0 Å². The summed E-state index contributed by atoms with van der Waals surface area (Å²) >= 11 is 0.848. The number of carbonyl (C=O) groups excluding carboxylic acids is 1. The molecule has 0 fully saturated rings. The van der Waals surface area contributed by atoms with Gasteiger partial charge in [-0.15, -0.1) is 11.3 Å². The van der Waals surface area contributed by atoms with Crippen LogP contribution in [0.5, 0.6) is 0 Å². The van der Waals surface area contributed by atoms with E-state index < -0.39 is 27.3 Å². The highest BCUT2D eigenvalue weighted by Crippen LogP contribution is 2.29. The van der Waals surface area contributed by atoms with Gasteiger partial charge in [0.05, 0.1) is 10.5 Å². The van der Waals surface area contributed by atoms with Crippen molar-refractivity contribution >= 4 is 32.9 Å². The first kappa shape index (κ1) is 15.9. The van der Waals surface area contributed by atoms with Crippen LogP contribution in [-0.2, 0) is 14.6 Å². The molecule has 1 aromatic heterocycles. The normalized spacial score (nSPS) is 12.1. The molecule has 1 aromatic carbocycles. The minimum Gasteiger partial charge on any atom is -0.502 e. The maximum Gasteiger partial charge on any atom is 0.371 e. The monoisotopic (exact) mass is 338 g/mol. The van der Waals surface area contributed by atoms with Gasteiger partial charge in [-0.1, -0.05) is 18.2 Å². The first-order valence-electron chi connectivity index (χ1n) is 5.90. The fourth-order valence-electron chi connectivity index (χ4n) is 1.66. The number of carbonyl (C=O) groups is 2. The lowest BCUT2D eigenvalue weighted by atomic mass is 10.2. The highest BCUT2D eigenvalue weighted by molar-refractivity contribution is 7.93. The highest BCUT2D eigenvalue weighted by atomic mass is 32.2. The van der Waals surface area contributed by atoms with Gasteiger partial charge in [-0.05, 0) is 23.6 Å². The van der Waals surface area contributed by atoms with E-state index in [4.69, 9.17) is 10.2 Å². The Bertz CT molecular complexity index is 846. The van der Waals surface area contributed by atoms with E-state index in [2.05, 4.69) is 0 Å². The number of benzene rings is 1. The summed E-state index contributed by atoms with van der Waals surface area (Å²) in [5.74, 6) is -3.72. The minimum absolute atomic E-state index is 0.0259. The smallest absolute Gasteiger partial charge is 0.371 e. The molecule has 0 saturated carbocycles. The third kappa shape index (κ3) is 3.07. The predicted molar refractivity (Wildman–Crippen MR) is 78.9 cm³/mol. The average Bonchev–Trinajstić information content (AvgIpc) is 2.98. The van der Waals surface area contributed by atoms with Crippen LogP contribution in [0.3, 0.4) is 0 Å². The number of aliphatic carboxylic acids is 1. The third-order valence-corrected chi connectivity index (χ3v) is 5.93. The fourth-order valence-corrected chi connectivity index (χ4v) is 4.43. The lowest BCUT2D eigenvalue weighted by molar-refractivity contribution is -0.135. The van der Waals surface area contributed by atoms with Gasteiger partial charge in [0.2, 0.25) is 15.6 Å². The van der Waals surface area contributed by atoms with Crippen molar-refractivity contribution in [3.05, 3.63) is 59.2 Å². The van der Waals surface area contributed by atoms with Crippen molar-refractivity contribution in [2.75, 3.05) is 0 Å². The number of hydrogen-bond acceptors (Lipinski definition) is 6. The van der Waals surface area contributed by atoms with Crippen LogP contribution in [0.25, 0.3) is 0 Å². The van der Waals surface area contributed by atoms with Gasteiger partial charge in [0.1, 0.15) is 4.21 Å². The van der Waals surface area contributed by atoms with Crippen molar-refractivity contribution in [2.45, 2.75) is 9.10 Å². The maximum absolute atomic E-state index is 12.5. The van der Waals surface area contributed by atoms with Crippen LogP contribution >= 0.6 is 11.3 Å². The molecular formula is C14H10O6S2. The van der Waals surface area contributed by atoms with Gasteiger partial charge in [0.15, 0.2) is 5.78 Å². The van der Waals surface area contributed by atoms with Gasteiger partial charge in [-0.25, -0.2) is 13.2 Å². The fraction of sp³-hybridized carbons (Fsp3) is 0. The molecule has 0 spiro atoms. The van der Waals surface area contributed by atoms with Crippen LogP contribution in [0.2, 0.25) is 0 Å². The zero-order chi connectivity index (χ0) is 16.3. The molecule has 1 heterocycles. The molecule has 2 rings (SSSR count). The van der Waals surface area contributed by atoms with Crippen LogP contribution in [0, 0.1) is 0 Å². The lowest BCUT2D eigenvalue weighted by Gasteiger charge is -2.04. The molecule has 0 bridgehead atoms. The summed E-state index contributed by atoms with van der Waals surface area (Å²) in [6.45, 7) is 0. The SMILES string of the molecule is O=C(O)/C(O)=C/C(=O)c1ccsc1S(=O)(=O)c1ccccc1. The highest BCUT2D eigenvalue weighted by Gasteiger charge is 2.25. The quantitative estimate of drug-likeness (QED) is 0.492. The Morgan fingerprint density at radius 2 is 1.68 bits per heavy atom. The van der Waals surface area contributed by atoms with Crippen LogP contribution in [0.1, 0.15) is 10.4 Å². The molecule has 6 nitrogen and oxygen atoms in total. The molecular weight excluding hydrogens is 328 g/mol. The van der Waals surface area contributed by atoms with E-state index in [0.717, 1.165) is 11.3 Å². The first-order valence-corrected chi connectivity index (χ1v) is 8.26. The zero-order valence-corrected chi connectivity index (χ0v) is 12.6. The second-order valence-electron chi connectivity index (χ2n) is 4.14. The topological polar surface area (TPSA) is 109 Å². The Hall–Kier alpha value is -2.45. The molecule has 0 radical (unpaired) electrons. The summed E-state index contributed by atoms with van der Waals surface area (Å²) in [6.07, 6.45) is 0.481. The molecule has 0 saturated heterocycles. The summed E-state index contributed by atoms with van der Waals surface area (Å²) in [5.41, 5.74) is -0.179. The average molecular weight is 338 g/mol. The molecule has 2 aromatic rings. The standard InChI is InChI=1S/C14H10O6S2/c15-11(8-12(16)13(17)18)10-6-7-21-14(10)22(19,20)9-4-2-1-3-5-9/h1-8,16H,(H,17,18)/b12-8-. The largest absolute Gasteiger partial charge is 0.502 e. The van der Waals surface area contributed by atoms with Gasteiger partial charge in [-0.3, -0.25) is 4.79 Å². The summed E-state index contributed by atoms with van der Waals surface area (Å²) in [6, 6.07) is 8.83. The Morgan fingerprint density at radius 1 is 1.05 bits per heavy atom. The predicted octanol–water partition coefficient (Wildman–Crippen LogP) is 2.29. The van der Waals surface area contributed by atoms with Crippen molar-refractivity contribution in [2.24, 2.45) is 0 Å². The van der Waals surface area contributed by atoms with E-state index in [9.17, 15) is 18.0 Å². The van der Waals surface area contributed by atoms with Gasteiger partial charge in [-0.2, -0.15) is 0 Å². The van der Waals surface area contributed by atoms with Gasteiger partial charge >= 0.3 is 5.97 Å². The Labute approximate surface area is 129 Å². The Balaban J connectivity index is 2.49.